The lowest BCUT2D eigenvalue weighted by Gasteiger charge is -1.96. The molecule has 1 N–H and O–H groups in total. The van der Waals surface area contributed by atoms with Gasteiger partial charge in [0, 0.05) is 26.7 Å². The Bertz CT molecular complexity index is 353. The topological polar surface area (TPSA) is 15.8 Å². The van der Waals surface area contributed by atoms with Crippen LogP contribution in [0.5, 0.6) is 0 Å². The molecule has 0 aliphatic carbocycles. The molecule has 56 valence electrons. The van der Waals surface area contributed by atoms with Gasteiger partial charge in [-0.25, -0.2) is 0 Å². The van der Waals surface area contributed by atoms with Crippen molar-refractivity contribution >= 4 is 33.4 Å². The Kier molecular flexibility index (Phi) is 1.64. The molecule has 0 fully saturated rings. The normalized spacial score (nSPS) is 10.7. The van der Waals surface area contributed by atoms with Gasteiger partial charge >= 0.3 is 0 Å². The van der Waals surface area contributed by atoms with Crippen molar-refractivity contribution in [1.82, 2.24) is 4.98 Å². The van der Waals surface area contributed by atoms with Gasteiger partial charge in [-0.2, -0.15) is 0 Å². The summed E-state index contributed by atoms with van der Waals surface area (Å²) in [5, 5.41) is 2.66. The van der Waals surface area contributed by atoms with E-state index in [1.807, 2.05) is 12.4 Å². The molecule has 0 aliphatic rings. The Morgan fingerprint density at radius 2 is 1.91 bits per heavy atom. The maximum atomic E-state index is 3.11. The number of benzene rings is 1. The van der Waals surface area contributed by atoms with Crippen molar-refractivity contribution in [2.24, 2.45) is 0 Å². The molecule has 1 aromatic heterocycles. The van der Waals surface area contributed by atoms with Crippen LogP contribution in [0.3, 0.4) is 0 Å². The Morgan fingerprint density at radius 1 is 1.18 bits per heavy atom. The van der Waals surface area contributed by atoms with E-state index in [0.29, 0.717) is 0 Å². The zero-order chi connectivity index (χ0) is 7.84. The van der Waals surface area contributed by atoms with Gasteiger partial charge in [-0.15, -0.1) is 0 Å². The molecule has 1 nitrogen and oxygen atoms in total. The Balaban J connectivity index is 2.96. The molecule has 0 atom stereocenters. The minimum Gasteiger partial charge on any atom is -0.366 e. The van der Waals surface area contributed by atoms with Crippen LogP contribution in [-0.4, -0.2) is 4.98 Å². The number of hydrogen-bond acceptors (Lipinski definition) is 0. The number of nitrogens with one attached hydrogen (secondary N) is 1. The van der Waals surface area contributed by atoms with E-state index in [-0.39, 0.29) is 0 Å². The summed E-state index contributed by atoms with van der Waals surface area (Å²) in [6.45, 7) is 2.13. The van der Waals surface area contributed by atoms with Crippen molar-refractivity contribution in [2.45, 2.75) is 6.92 Å². The molecular weight excluding hydrogens is 249 g/mol. The monoisotopic (exact) mass is 257 g/mol. The van der Waals surface area contributed by atoms with Gasteiger partial charge in [0.15, 0.2) is 0 Å². The van der Waals surface area contributed by atoms with Crippen LogP contribution in [0.25, 0.3) is 10.8 Å². The molecule has 0 unspecified atom stereocenters. The number of rotatable bonds is 0. The number of aromatic nitrogens is 1. The van der Waals surface area contributed by atoms with Gasteiger partial charge in [-0.1, -0.05) is 6.07 Å². The standard InChI is InChI=1S/C9H8IN/c1-6-2-3-9(10)8-5-11-4-7(6)8/h2-5,11H,1H3. The van der Waals surface area contributed by atoms with E-state index in [9.17, 15) is 0 Å². The summed E-state index contributed by atoms with van der Waals surface area (Å²) in [5.74, 6) is 0. The first kappa shape index (κ1) is 7.16. The molecule has 0 aliphatic heterocycles. The van der Waals surface area contributed by atoms with Crippen LogP contribution >= 0.6 is 22.6 Å². The zero-order valence-electron chi connectivity index (χ0n) is 6.19. The molecular formula is C9H8IN. The summed E-state index contributed by atoms with van der Waals surface area (Å²) in [6.07, 6.45) is 4.09. The quantitative estimate of drug-likeness (QED) is 0.698. The average molecular weight is 257 g/mol. The minimum absolute atomic E-state index is 1.31. The maximum absolute atomic E-state index is 3.11. The molecule has 0 radical (unpaired) electrons. The van der Waals surface area contributed by atoms with Crippen LogP contribution in [0.1, 0.15) is 5.56 Å². The van der Waals surface area contributed by atoms with Crippen molar-refractivity contribution in [1.29, 1.82) is 0 Å². The summed E-state index contributed by atoms with van der Waals surface area (Å²) in [6, 6.07) is 4.30. The van der Waals surface area contributed by atoms with Gasteiger partial charge in [0.05, 0.1) is 0 Å². The molecule has 1 heterocycles. The first-order chi connectivity index (χ1) is 5.29. The fourth-order valence-corrected chi connectivity index (χ4v) is 1.89. The van der Waals surface area contributed by atoms with Crippen molar-refractivity contribution in [3.8, 4) is 0 Å². The number of aryl methyl sites for hydroxylation is 1. The molecule has 2 aromatic rings. The minimum atomic E-state index is 1.31. The van der Waals surface area contributed by atoms with E-state index in [1.165, 1.54) is 19.9 Å². The predicted molar refractivity (Wildman–Crippen MR) is 55.8 cm³/mol. The first-order valence-corrected chi connectivity index (χ1v) is 4.58. The van der Waals surface area contributed by atoms with E-state index in [0.717, 1.165) is 0 Å². The van der Waals surface area contributed by atoms with Gasteiger partial charge in [0.1, 0.15) is 0 Å². The van der Waals surface area contributed by atoms with E-state index >= 15 is 0 Å². The third-order valence-electron chi connectivity index (χ3n) is 1.91. The van der Waals surface area contributed by atoms with Gasteiger partial charge in [0.25, 0.3) is 0 Å². The Labute approximate surface area is 78.9 Å². The highest BCUT2D eigenvalue weighted by Gasteiger charge is 2.00. The van der Waals surface area contributed by atoms with Crippen molar-refractivity contribution in [3.63, 3.8) is 0 Å². The van der Waals surface area contributed by atoms with Crippen LogP contribution in [0.2, 0.25) is 0 Å². The van der Waals surface area contributed by atoms with Gasteiger partial charge in [-0.3, -0.25) is 0 Å². The molecule has 1 aromatic carbocycles. The second-order valence-corrected chi connectivity index (χ2v) is 3.81. The van der Waals surface area contributed by atoms with Crippen molar-refractivity contribution < 1.29 is 0 Å². The average Bonchev–Trinajstić information content (AvgIpc) is 2.45. The SMILES string of the molecule is Cc1ccc(I)c2c[nH]cc12. The number of H-pyrrole nitrogens is 1. The number of hydrogen-bond donors (Lipinski definition) is 1. The van der Waals surface area contributed by atoms with Crippen LogP contribution < -0.4 is 0 Å². The highest BCUT2D eigenvalue weighted by molar-refractivity contribution is 14.1. The van der Waals surface area contributed by atoms with Gasteiger partial charge < -0.3 is 4.98 Å². The summed E-state index contributed by atoms with van der Waals surface area (Å²) in [5.41, 5.74) is 1.33. The lowest BCUT2D eigenvalue weighted by molar-refractivity contribution is 1.42. The predicted octanol–water partition coefficient (Wildman–Crippen LogP) is 3.08. The Morgan fingerprint density at radius 3 is 2.64 bits per heavy atom. The fourth-order valence-electron chi connectivity index (χ4n) is 1.27. The summed E-state index contributed by atoms with van der Waals surface area (Å²) < 4.78 is 1.31. The van der Waals surface area contributed by atoms with Crippen LogP contribution in [0.15, 0.2) is 24.5 Å². The van der Waals surface area contributed by atoms with E-state index in [1.54, 1.807) is 0 Å². The van der Waals surface area contributed by atoms with Gasteiger partial charge in [-0.05, 0) is 41.1 Å². The highest BCUT2D eigenvalue weighted by atomic mass is 127. The summed E-state index contributed by atoms with van der Waals surface area (Å²) >= 11 is 2.35. The molecule has 2 heteroatoms. The fraction of sp³-hybridized carbons (Fsp3) is 0.111. The van der Waals surface area contributed by atoms with Crippen molar-refractivity contribution in [2.75, 3.05) is 0 Å². The second-order valence-electron chi connectivity index (χ2n) is 2.65. The van der Waals surface area contributed by atoms with Crippen LogP contribution in [-0.2, 0) is 0 Å². The lowest BCUT2D eigenvalue weighted by atomic mass is 10.1. The molecule has 0 bridgehead atoms. The molecule has 0 saturated carbocycles. The number of aromatic amines is 1. The first-order valence-electron chi connectivity index (χ1n) is 3.50. The molecule has 0 spiro atoms. The summed E-state index contributed by atoms with van der Waals surface area (Å²) in [7, 11) is 0. The van der Waals surface area contributed by atoms with Gasteiger partial charge in [0.2, 0.25) is 0 Å². The molecule has 0 amide bonds. The van der Waals surface area contributed by atoms with E-state index < -0.39 is 0 Å². The summed E-state index contributed by atoms with van der Waals surface area (Å²) in [4.78, 5) is 3.11. The smallest absolute Gasteiger partial charge is 0.0224 e. The molecule has 2 rings (SSSR count). The van der Waals surface area contributed by atoms with Crippen LogP contribution in [0, 0.1) is 10.5 Å². The number of halogens is 1. The highest BCUT2D eigenvalue weighted by Crippen LogP contribution is 2.22. The third kappa shape index (κ3) is 1.05. The Hall–Kier alpha value is -0.510. The number of fused-ring (bicyclic) bond motifs is 1. The third-order valence-corrected chi connectivity index (χ3v) is 2.85. The largest absolute Gasteiger partial charge is 0.366 e. The van der Waals surface area contributed by atoms with Crippen molar-refractivity contribution in [3.05, 3.63) is 33.7 Å². The van der Waals surface area contributed by atoms with Crippen LogP contribution in [0.4, 0.5) is 0 Å². The second kappa shape index (κ2) is 2.52. The zero-order valence-corrected chi connectivity index (χ0v) is 8.34. The van der Waals surface area contributed by atoms with E-state index in [2.05, 4.69) is 46.6 Å². The van der Waals surface area contributed by atoms with E-state index in [4.69, 9.17) is 0 Å². The molecule has 0 saturated heterocycles. The maximum Gasteiger partial charge on any atom is 0.0224 e. The lowest BCUT2D eigenvalue weighted by Crippen LogP contribution is -1.75. The molecule has 11 heavy (non-hydrogen) atoms.